The van der Waals surface area contributed by atoms with Crippen molar-refractivity contribution in [1.29, 1.82) is 0 Å². The molecule has 0 saturated carbocycles. The molecule has 6 heteroatoms. The number of nitrogens with one attached hydrogen (secondary N) is 2. The van der Waals surface area contributed by atoms with E-state index in [1.807, 2.05) is 34.6 Å². The second-order valence-corrected chi connectivity index (χ2v) is 6.04. The molecule has 108 valence electrons. The highest BCUT2D eigenvalue weighted by molar-refractivity contribution is 5.90. The fourth-order valence-corrected chi connectivity index (χ4v) is 1.51. The van der Waals surface area contributed by atoms with E-state index < -0.39 is 0 Å². The van der Waals surface area contributed by atoms with Gasteiger partial charge in [-0.1, -0.05) is 34.6 Å². The highest BCUT2D eigenvalue weighted by Crippen LogP contribution is 2.17. The van der Waals surface area contributed by atoms with Crippen molar-refractivity contribution in [1.82, 2.24) is 20.5 Å². The predicted octanol–water partition coefficient (Wildman–Crippen LogP) is 1.50. The molecule has 0 fully saturated rings. The molecule has 1 atom stereocenters. The van der Waals surface area contributed by atoms with E-state index in [0.717, 1.165) is 0 Å². The van der Waals surface area contributed by atoms with Gasteiger partial charge in [0.25, 0.3) is 5.91 Å². The number of aromatic nitrogens is 3. The van der Waals surface area contributed by atoms with E-state index in [1.165, 1.54) is 0 Å². The summed E-state index contributed by atoms with van der Waals surface area (Å²) < 4.78 is 5.10. The molecule has 0 aliphatic rings. The van der Waals surface area contributed by atoms with Gasteiger partial charge in [0.15, 0.2) is 0 Å². The van der Waals surface area contributed by atoms with Crippen LogP contribution in [0.2, 0.25) is 0 Å². The topological polar surface area (TPSA) is 79.9 Å². The molecule has 1 rings (SSSR count). The Bertz CT molecular complexity index is 421. The minimum absolute atomic E-state index is 0.0471. The van der Waals surface area contributed by atoms with E-state index in [2.05, 4.69) is 20.5 Å². The van der Waals surface area contributed by atoms with Crippen LogP contribution in [0.4, 0.5) is 0 Å². The highest BCUT2D eigenvalue weighted by Gasteiger charge is 2.23. The zero-order valence-electron chi connectivity index (χ0n) is 12.6. The lowest BCUT2D eigenvalue weighted by Crippen LogP contribution is -2.42. The first kappa shape index (κ1) is 15.6. The Balaban J connectivity index is 2.75. The molecular formula is C13H24N4O2. The first-order chi connectivity index (χ1) is 8.75. The maximum Gasteiger partial charge on any atom is 0.291 e. The van der Waals surface area contributed by atoms with Gasteiger partial charge in [-0.3, -0.25) is 9.89 Å². The molecule has 1 heterocycles. The lowest BCUT2D eigenvalue weighted by Gasteiger charge is -2.20. The Morgan fingerprint density at radius 3 is 2.47 bits per heavy atom. The van der Waals surface area contributed by atoms with Crippen molar-refractivity contribution in [3.63, 3.8) is 0 Å². The standard InChI is InChI=1S/C13H24N4O2/c1-8(2)9(7-19-6)14-11(18)10-15-12(17-16-10)13(3,4)5/h8-9H,7H2,1-6H3,(H,14,18)(H,15,16,17). The molecule has 1 amide bonds. The van der Waals surface area contributed by atoms with Gasteiger partial charge in [0.1, 0.15) is 5.82 Å². The Morgan fingerprint density at radius 2 is 2.05 bits per heavy atom. The Hall–Kier alpha value is -1.43. The summed E-state index contributed by atoms with van der Waals surface area (Å²) in [6, 6.07) is -0.0471. The largest absolute Gasteiger partial charge is 0.383 e. The molecule has 0 saturated heterocycles. The van der Waals surface area contributed by atoms with Gasteiger partial charge >= 0.3 is 0 Å². The van der Waals surface area contributed by atoms with Gasteiger partial charge in [-0.15, -0.1) is 5.10 Å². The van der Waals surface area contributed by atoms with Crippen LogP contribution in [-0.4, -0.2) is 40.8 Å². The fraction of sp³-hybridized carbons (Fsp3) is 0.769. The molecule has 0 spiro atoms. The van der Waals surface area contributed by atoms with Gasteiger partial charge in [-0.25, -0.2) is 4.98 Å². The maximum absolute atomic E-state index is 12.1. The molecule has 1 aromatic rings. The van der Waals surface area contributed by atoms with Gasteiger partial charge in [0.2, 0.25) is 5.82 Å². The zero-order chi connectivity index (χ0) is 14.6. The van der Waals surface area contributed by atoms with Crippen LogP contribution in [0.1, 0.15) is 51.1 Å². The van der Waals surface area contributed by atoms with Crippen molar-refractivity contribution in [2.75, 3.05) is 13.7 Å². The van der Waals surface area contributed by atoms with E-state index in [-0.39, 0.29) is 29.1 Å². The first-order valence-electron chi connectivity index (χ1n) is 6.48. The van der Waals surface area contributed by atoms with Gasteiger partial charge in [-0.05, 0) is 5.92 Å². The maximum atomic E-state index is 12.1. The molecule has 0 radical (unpaired) electrons. The molecule has 6 nitrogen and oxygen atoms in total. The minimum Gasteiger partial charge on any atom is -0.383 e. The second-order valence-electron chi connectivity index (χ2n) is 6.04. The van der Waals surface area contributed by atoms with E-state index in [4.69, 9.17) is 4.74 Å². The zero-order valence-corrected chi connectivity index (χ0v) is 12.6. The molecule has 0 aliphatic heterocycles. The number of amides is 1. The molecule has 0 aliphatic carbocycles. The monoisotopic (exact) mass is 268 g/mol. The number of nitrogens with zero attached hydrogens (tertiary/aromatic N) is 2. The summed E-state index contributed by atoms with van der Waals surface area (Å²) in [7, 11) is 1.62. The fourth-order valence-electron chi connectivity index (χ4n) is 1.51. The Labute approximate surface area is 114 Å². The van der Waals surface area contributed by atoms with Crippen LogP contribution in [0.3, 0.4) is 0 Å². The van der Waals surface area contributed by atoms with Crippen molar-refractivity contribution in [3.8, 4) is 0 Å². The molecule has 1 aromatic heterocycles. The van der Waals surface area contributed by atoms with E-state index in [0.29, 0.717) is 12.4 Å². The third kappa shape index (κ3) is 4.31. The number of hydrogen-bond donors (Lipinski definition) is 2. The smallest absolute Gasteiger partial charge is 0.291 e. The molecule has 0 aromatic carbocycles. The van der Waals surface area contributed by atoms with Crippen molar-refractivity contribution in [2.24, 2.45) is 5.92 Å². The van der Waals surface area contributed by atoms with E-state index in [1.54, 1.807) is 7.11 Å². The van der Waals surface area contributed by atoms with Crippen LogP contribution in [0.25, 0.3) is 0 Å². The quantitative estimate of drug-likeness (QED) is 0.848. The summed E-state index contributed by atoms with van der Waals surface area (Å²) in [5.41, 5.74) is -0.157. The summed E-state index contributed by atoms with van der Waals surface area (Å²) in [5.74, 6) is 0.879. The average Bonchev–Trinajstić information content (AvgIpc) is 2.76. The van der Waals surface area contributed by atoms with Crippen molar-refractivity contribution < 1.29 is 9.53 Å². The summed E-state index contributed by atoms with van der Waals surface area (Å²) >= 11 is 0. The molecule has 2 N–H and O–H groups in total. The van der Waals surface area contributed by atoms with Crippen LogP contribution in [0.15, 0.2) is 0 Å². The number of carbonyl (C=O) groups is 1. The number of ether oxygens (including phenoxy) is 1. The number of hydrogen-bond acceptors (Lipinski definition) is 4. The number of methoxy groups -OCH3 is 1. The summed E-state index contributed by atoms with van der Waals surface area (Å²) in [5, 5.41) is 9.66. The molecule has 1 unspecified atom stereocenters. The number of H-pyrrole nitrogens is 1. The molecular weight excluding hydrogens is 244 g/mol. The van der Waals surface area contributed by atoms with Crippen molar-refractivity contribution in [2.45, 2.75) is 46.1 Å². The van der Waals surface area contributed by atoms with Gasteiger partial charge < -0.3 is 10.1 Å². The second kappa shape index (κ2) is 6.14. The summed E-state index contributed by atoms with van der Waals surface area (Å²) in [6.07, 6.45) is 0. The molecule has 19 heavy (non-hydrogen) atoms. The van der Waals surface area contributed by atoms with Crippen LogP contribution >= 0.6 is 0 Å². The molecule has 0 bridgehead atoms. The van der Waals surface area contributed by atoms with E-state index >= 15 is 0 Å². The van der Waals surface area contributed by atoms with Gasteiger partial charge in [0.05, 0.1) is 12.6 Å². The van der Waals surface area contributed by atoms with Crippen molar-refractivity contribution in [3.05, 3.63) is 11.6 Å². The predicted molar refractivity (Wildman–Crippen MR) is 73.1 cm³/mol. The number of rotatable bonds is 5. The van der Waals surface area contributed by atoms with Crippen LogP contribution in [0, 0.1) is 5.92 Å². The normalized spacial score (nSPS) is 13.6. The average molecular weight is 268 g/mol. The third-order valence-corrected chi connectivity index (χ3v) is 2.87. The van der Waals surface area contributed by atoms with Crippen LogP contribution < -0.4 is 5.32 Å². The first-order valence-corrected chi connectivity index (χ1v) is 6.48. The van der Waals surface area contributed by atoms with Crippen molar-refractivity contribution >= 4 is 5.91 Å². The Morgan fingerprint density at radius 1 is 1.42 bits per heavy atom. The Kier molecular flexibility index (Phi) is 5.05. The van der Waals surface area contributed by atoms with E-state index in [9.17, 15) is 4.79 Å². The lowest BCUT2D eigenvalue weighted by atomic mass is 9.96. The summed E-state index contributed by atoms with van der Waals surface area (Å²) in [4.78, 5) is 16.3. The SMILES string of the molecule is COCC(NC(=O)c1n[nH]c(C(C)(C)C)n1)C(C)C. The van der Waals surface area contributed by atoms with Crippen LogP contribution in [-0.2, 0) is 10.2 Å². The third-order valence-electron chi connectivity index (χ3n) is 2.87. The van der Waals surface area contributed by atoms with Gasteiger partial charge in [0, 0.05) is 12.5 Å². The summed E-state index contributed by atoms with van der Waals surface area (Å²) in [6.45, 7) is 10.6. The van der Waals surface area contributed by atoms with Gasteiger partial charge in [-0.2, -0.15) is 0 Å². The van der Waals surface area contributed by atoms with Crippen LogP contribution in [0.5, 0.6) is 0 Å². The number of carbonyl (C=O) groups excluding carboxylic acids is 1. The number of aromatic amines is 1. The highest BCUT2D eigenvalue weighted by atomic mass is 16.5. The lowest BCUT2D eigenvalue weighted by molar-refractivity contribution is 0.0856. The minimum atomic E-state index is -0.275.